The lowest BCUT2D eigenvalue weighted by Gasteiger charge is -2.19. The molecule has 7 heteroatoms. The van der Waals surface area contributed by atoms with E-state index in [0.29, 0.717) is 10.7 Å². The van der Waals surface area contributed by atoms with Crippen molar-refractivity contribution in [1.29, 1.82) is 0 Å². The molecule has 1 saturated heterocycles. The molecule has 5 nitrogen and oxygen atoms in total. The third kappa shape index (κ3) is 4.67. The van der Waals surface area contributed by atoms with Gasteiger partial charge in [-0.2, -0.15) is 0 Å². The van der Waals surface area contributed by atoms with Crippen LogP contribution in [0.2, 0.25) is 0 Å². The first-order valence-electron chi connectivity index (χ1n) is 7.41. The largest absolute Gasteiger partial charge is 0.325 e. The number of amides is 2. The second-order valence-corrected chi connectivity index (χ2v) is 7.42. The zero-order chi connectivity index (χ0) is 17.9. The van der Waals surface area contributed by atoms with Gasteiger partial charge in [-0.1, -0.05) is 32.5 Å². The lowest BCUT2D eigenvalue weighted by molar-refractivity contribution is -0.129. The Morgan fingerprint density at radius 1 is 1.29 bits per heavy atom. The van der Waals surface area contributed by atoms with E-state index in [1.54, 1.807) is 20.8 Å². The number of thioether (sulfide) groups is 1. The Kier molecular flexibility index (Phi) is 5.43. The second-order valence-electron chi connectivity index (χ2n) is 6.42. The molecule has 1 aromatic rings. The minimum absolute atomic E-state index is 0.108. The summed E-state index contributed by atoms with van der Waals surface area (Å²) in [6.07, 6.45) is 1.42. The number of carbonyl (C=O) groups is 3. The number of rotatable bonds is 4. The van der Waals surface area contributed by atoms with E-state index in [0.717, 1.165) is 0 Å². The van der Waals surface area contributed by atoms with Gasteiger partial charge in [0.15, 0.2) is 5.78 Å². The first-order chi connectivity index (χ1) is 11.2. The zero-order valence-corrected chi connectivity index (χ0v) is 14.6. The van der Waals surface area contributed by atoms with Crippen molar-refractivity contribution in [2.45, 2.75) is 20.8 Å². The SMILES string of the molecule is CC(C)(C)C(=O)/C=C1\SCC(=O)N1CC(=O)Nc1ccc(F)cc1. The Morgan fingerprint density at radius 3 is 2.50 bits per heavy atom. The van der Waals surface area contributed by atoms with Crippen LogP contribution in [0.4, 0.5) is 10.1 Å². The van der Waals surface area contributed by atoms with Crippen LogP contribution in [0.5, 0.6) is 0 Å². The number of benzene rings is 1. The predicted molar refractivity (Wildman–Crippen MR) is 91.7 cm³/mol. The number of carbonyl (C=O) groups excluding carboxylic acids is 3. The van der Waals surface area contributed by atoms with Gasteiger partial charge in [0.1, 0.15) is 12.4 Å². The Labute approximate surface area is 144 Å². The van der Waals surface area contributed by atoms with Crippen molar-refractivity contribution in [3.8, 4) is 0 Å². The number of allylic oxidation sites excluding steroid dienone is 1. The van der Waals surface area contributed by atoms with Crippen molar-refractivity contribution in [2.24, 2.45) is 5.41 Å². The molecule has 0 aromatic heterocycles. The molecular weight excluding hydrogens is 331 g/mol. The highest BCUT2D eigenvalue weighted by atomic mass is 32.2. The smallest absolute Gasteiger partial charge is 0.244 e. The molecule has 0 saturated carbocycles. The molecule has 1 aliphatic heterocycles. The standard InChI is InChI=1S/C17H19FN2O3S/c1-17(2,3)13(21)8-16-20(15(23)10-24-16)9-14(22)19-12-6-4-11(18)5-7-12/h4-8H,9-10H2,1-3H3,(H,19,22)/b16-8-. The van der Waals surface area contributed by atoms with Crippen molar-refractivity contribution >= 4 is 35.0 Å². The van der Waals surface area contributed by atoms with Gasteiger partial charge in [-0.15, -0.1) is 0 Å². The fourth-order valence-electron chi connectivity index (χ4n) is 1.91. The van der Waals surface area contributed by atoms with Crippen LogP contribution >= 0.6 is 11.8 Å². The second kappa shape index (κ2) is 7.17. The Bertz CT molecular complexity index is 693. The topological polar surface area (TPSA) is 66.5 Å². The maximum Gasteiger partial charge on any atom is 0.244 e. The van der Waals surface area contributed by atoms with Crippen molar-refractivity contribution < 1.29 is 18.8 Å². The molecule has 1 N–H and O–H groups in total. The van der Waals surface area contributed by atoms with Crippen LogP contribution in [0.1, 0.15) is 20.8 Å². The van der Waals surface area contributed by atoms with Crippen molar-refractivity contribution in [1.82, 2.24) is 4.90 Å². The summed E-state index contributed by atoms with van der Waals surface area (Å²) in [6.45, 7) is 5.19. The third-order valence-corrected chi connectivity index (χ3v) is 4.36. The normalized spacial score (nSPS) is 16.6. The third-order valence-electron chi connectivity index (χ3n) is 3.33. The van der Waals surface area contributed by atoms with Gasteiger partial charge in [0.05, 0.1) is 10.8 Å². The lowest BCUT2D eigenvalue weighted by atomic mass is 9.91. The molecule has 0 unspecified atom stereocenters. The van der Waals surface area contributed by atoms with Crippen LogP contribution in [-0.4, -0.2) is 34.8 Å². The molecule has 2 rings (SSSR count). The molecule has 2 amide bonds. The molecule has 1 aromatic carbocycles. The minimum Gasteiger partial charge on any atom is -0.325 e. The summed E-state index contributed by atoms with van der Waals surface area (Å²) in [6, 6.07) is 5.35. The lowest BCUT2D eigenvalue weighted by Crippen LogP contribution is -2.34. The molecule has 0 radical (unpaired) electrons. The van der Waals surface area contributed by atoms with Gasteiger partial charge in [0.25, 0.3) is 0 Å². The van der Waals surface area contributed by atoms with E-state index in [1.165, 1.54) is 47.0 Å². The number of anilines is 1. The number of nitrogens with one attached hydrogen (secondary N) is 1. The highest BCUT2D eigenvalue weighted by Gasteiger charge is 2.30. The number of ketones is 1. The predicted octanol–water partition coefficient (Wildman–Crippen LogP) is 2.80. The molecule has 1 fully saturated rings. The average molecular weight is 350 g/mol. The molecule has 0 spiro atoms. The molecule has 0 bridgehead atoms. The Morgan fingerprint density at radius 2 is 1.92 bits per heavy atom. The highest BCUT2D eigenvalue weighted by molar-refractivity contribution is 8.04. The fourth-order valence-corrected chi connectivity index (χ4v) is 2.85. The van der Waals surface area contributed by atoms with Crippen LogP contribution in [0, 0.1) is 11.2 Å². The summed E-state index contributed by atoms with van der Waals surface area (Å²) in [5, 5.41) is 3.08. The summed E-state index contributed by atoms with van der Waals surface area (Å²) in [5.41, 5.74) is -0.113. The summed E-state index contributed by atoms with van der Waals surface area (Å²) in [7, 11) is 0. The van der Waals surface area contributed by atoms with E-state index in [2.05, 4.69) is 5.32 Å². The number of hydrogen-bond donors (Lipinski definition) is 1. The fraction of sp³-hybridized carbons (Fsp3) is 0.353. The monoisotopic (exact) mass is 350 g/mol. The summed E-state index contributed by atoms with van der Waals surface area (Å²) >= 11 is 1.24. The molecule has 128 valence electrons. The molecule has 1 heterocycles. The zero-order valence-electron chi connectivity index (χ0n) is 13.8. The maximum absolute atomic E-state index is 12.9. The van der Waals surface area contributed by atoms with Crippen LogP contribution in [0.25, 0.3) is 0 Å². The summed E-state index contributed by atoms with van der Waals surface area (Å²) < 4.78 is 12.9. The van der Waals surface area contributed by atoms with Crippen LogP contribution < -0.4 is 5.32 Å². The highest BCUT2D eigenvalue weighted by Crippen LogP contribution is 2.30. The van der Waals surface area contributed by atoms with E-state index < -0.39 is 17.1 Å². The van der Waals surface area contributed by atoms with E-state index in [1.807, 2.05) is 0 Å². The van der Waals surface area contributed by atoms with Crippen molar-refractivity contribution in [3.05, 3.63) is 41.2 Å². The molecule has 24 heavy (non-hydrogen) atoms. The Balaban J connectivity index is 2.06. The van der Waals surface area contributed by atoms with E-state index in [-0.39, 0.29) is 24.0 Å². The Hall–Kier alpha value is -2.15. The number of hydrogen-bond acceptors (Lipinski definition) is 4. The summed E-state index contributed by atoms with van der Waals surface area (Å²) in [5.74, 6) is -0.935. The van der Waals surface area contributed by atoms with Crippen LogP contribution in [-0.2, 0) is 14.4 Å². The number of halogens is 1. The van der Waals surface area contributed by atoms with Crippen molar-refractivity contribution in [2.75, 3.05) is 17.6 Å². The van der Waals surface area contributed by atoms with E-state index >= 15 is 0 Å². The van der Waals surface area contributed by atoms with Gasteiger partial charge in [-0.3, -0.25) is 19.3 Å². The molecule has 0 atom stereocenters. The maximum atomic E-state index is 12.9. The molecule has 0 aliphatic carbocycles. The minimum atomic E-state index is -0.554. The van der Waals surface area contributed by atoms with Gasteiger partial charge in [-0.25, -0.2) is 4.39 Å². The van der Waals surface area contributed by atoms with Gasteiger partial charge < -0.3 is 5.32 Å². The molecular formula is C17H19FN2O3S. The van der Waals surface area contributed by atoms with Gasteiger partial charge in [-0.05, 0) is 24.3 Å². The molecule has 1 aliphatic rings. The van der Waals surface area contributed by atoms with Crippen LogP contribution in [0.3, 0.4) is 0 Å². The van der Waals surface area contributed by atoms with E-state index in [4.69, 9.17) is 0 Å². The first-order valence-corrected chi connectivity index (χ1v) is 8.40. The van der Waals surface area contributed by atoms with Gasteiger partial charge in [0.2, 0.25) is 11.8 Å². The number of nitrogens with zero attached hydrogens (tertiary/aromatic N) is 1. The first kappa shape index (κ1) is 18.2. The average Bonchev–Trinajstić information content (AvgIpc) is 2.81. The van der Waals surface area contributed by atoms with Crippen LogP contribution in [0.15, 0.2) is 35.4 Å². The van der Waals surface area contributed by atoms with Gasteiger partial charge in [0, 0.05) is 17.2 Å². The quantitative estimate of drug-likeness (QED) is 0.848. The summed E-state index contributed by atoms with van der Waals surface area (Å²) in [4.78, 5) is 37.5. The van der Waals surface area contributed by atoms with Gasteiger partial charge >= 0.3 is 0 Å². The van der Waals surface area contributed by atoms with E-state index in [9.17, 15) is 18.8 Å². The van der Waals surface area contributed by atoms with Crippen molar-refractivity contribution in [3.63, 3.8) is 0 Å².